The molecule has 2 aromatic carbocycles. The van der Waals surface area contributed by atoms with Crippen LogP contribution in [0.2, 0.25) is 0 Å². The molecule has 0 amide bonds. The molecule has 2 heterocycles. The molecule has 2 N–H and O–H groups in total. The van der Waals surface area contributed by atoms with Gasteiger partial charge in [-0.2, -0.15) is 5.26 Å². The first-order chi connectivity index (χ1) is 16.9. The molecule has 0 aliphatic carbocycles. The van der Waals surface area contributed by atoms with Crippen LogP contribution in [0.4, 0.5) is 11.4 Å². The van der Waals surface area contributed by atoms with Gasteiger partial charge in [0, 0.05) is 18.8 Å². The van der Waals surface area contributed by atoms with Gasteiger partial charge in [-0.25, -0.2) is 9.59 Å². The second kappa shape index (κ2) is 9.94. The van der Waals surface area contributed by atoms with Crippen LogP contribution < -0.4 is 15.5 Å². The van der Waals surface area contributed by atoms with E-state index in [1.165, 1.54) is 19.1 Å². The Bertz CT molecular complexity index is 1250. The molecule has 2 aromatic rings. The molecule has 8 heteroatoms. The minimum absolute atomic E-state index is 0.000630. The Labute approximate surface area is 204 Å². The number of aryl methyl sites for hydroxylation is 1. The molecular formula is C27H28N4O4. The minimum atomic E-state index is -0.886. The third-order valence-corrected chi connectivity index (χ3v) is 6.50. The number of esters is 2. The van der Waals surface area contributed by atoms with E-state index in [0.717, 1.165) is 37.2 Å². The van der Waals surface area contributed by atoms with Gasteiger partial charge in [0.1, 0.15) is 11.5 Å². The number of carbonyl (C=O) groups excluding carboxylic acids is 2. The molecule has 8 nitrogen and oxygen atoms in total. The maximum Gasteiger partial charge on any atom is 0.355 e. The molecule has 1 unspecified atom stereocenters. The fourth-order valence-electron chi connectivity index (χ4n) is 4.83. The topological polar surface area (TPSA) is 109 Å². The summed E-state index contributed by atoms with van der Waals surface area (Å²) in [5.74, 6) is -2.32. The van der Waals surface area contributed by atoms with Gasteiger partial charge in [-0.15, -0.1) is 0 Å². The second-order valence-electron chi connectivity index (χ2n) is 8.50. The summed E-state index contributed by atoms with van der Waals surface area (Å²) >= 11 is 0. The molecule has 0 saturated carbocycles. The van der Waals surface area contributed by atoms with Crippen molar-refractivity contribution in [3.8, 4) is 6.07 Å². The van der Waals surface area contributed by atoms with Crippen LogP contribution in [-0.4, -0.2) is 39.2 Å². The van der Waals surface area contributed by atoms with Gasteiger partial charge in [-0.3, -0.25) is 4.90 Å². The number of hydrogen-bond donors (Lipinski definition) is 1. The number of nitriles is 1. The summed E-state index contributed by atoms with van der Waals surface area (Å²) in [6.07, 6.45) is 2.29. The molecular weight excluding hydrogens is 444 g/mol. The van der Waals surface area contributed by atoms with Crippen LogP contribution in [0.25, 0.3) is 0 Å². The summed E-state index contributed by atoms with van der Waals surface area (Å²) in [5, 5.41) is 10.2. The molecule has 1 atom stereocenters. The number of carbonyl (C=O) groups is 2. The van der Waals surface area contributed by atoms with Crippen molar-refractivity contribution >= 4 is 23.3 Å². The number of anilines is 2. The Morgan fingerprint density at radius 2 is 1.69 bits per heavy atom. The highest BCUT2D eigenvalue weighted by Crippen LogP contribution is 2.44. The van der Waals surface area contributed by atoms with Crippen LogP contribution in [0, 0.1) is 18.3 Å². The minimum Gasteiger partial charge on any atom is -0.466 e. The van der Waals surface area contributed by atoms with E-state index in [4.69, 9.17) is 15.2 Å². The van der Waals surface area contributed by atoms with Crippen LogP contribution in [0.5, 0.6) is 0 Å². The Morgan fingerprint density at radius 3 is 2.26 bits per heavy atom. The maximum atomic E-state index is 13.2. The van der Waals surface area contributed by atoms with Gasteiger partial charge in [0.05, 0.1) is 43.0 Å². The number of ether oxygens (including phenoxy) is 2. The molecule has 0 bridgehead atoms. The Balaban J connectivity index is 1.97. The third-order valence-electron chi connectivity index (χ3n) is 6.50. The van der Waals surface area contributed by atoms with Crippen molar-refractivity contribution in [2.24, 2.45) is 5.73 Å². The monoisotopic (exact) mass is 472 g/mol. The fourth-order valence-corrected chi connectivity index (χ4v) is 4.83. The van der Waals surface area contributed by atoms with E-state index in [-0.39, 0.29) is 22.7 Å². The number of benzene rings is 2. The molecule has 0 radical (unpaired) electrons. The normalized spacial score (nSPS) is 17.9. The fraction of sp³-hybridized carbons (Fsp3) is 0.296. The number of rotatable bonds is 5. The van der Waals surface area contributed by atoms with Crippen molar-refractivity contribution < 1.29 is 19.1 Å². The van der Waals surface area contributed by atoms with Gasteiger partial charge in [-0.1, -0.05) is 30.3 Å². The zero-order chi connectivity index (χ0) is 25.1. The molecule has 2 aliphatic heterocycles. The number of methoxy groups -OCH3 is 2. The van der Waals surface area contributed by atoms with E-state index in [1.54, 1.807) is 24.3 Å². The average molecular weight is 473 g/mol. The van der Waals surface area contributed by atoms with Crippen molar-refractivity contribution in [3.63, 3.8) is 0 Å². The first-order valence-electron chi connectivity index (χ1n) is 11.4. The van der Waals surface area contributed by atoms with Crippen LogP contribution in [0.3, 0.4) is 0 Å². The lowest BCUT2D eigenvalue weighted by Crippen LogP contribution is -2.41. The van der Waals surface area contributed by atoms with Gasteiger partial charge in [0.2, 0.25) is 0 Å². The van der Waals surface area contributed by atoms with E-state index < -0.39 is 17.9 Å². The van der Waals surface area contributed by atoms with Crippen molar-refractivity contribution in [2.75, 3.05) is 37.1 Å². The summed E-state index contributed by atoms with van der Waals surface area (Å²) in [6, 6.07) is 17.0. The van der Waals surface area contributed by atoms with E-state index in [2.05, 4.69) is 11.0 Å². The second-order valence-corrected chi connectivity index (χ2v) is 8.50. The van der Waals surface area contributed by atoms with Crippen molar-refractivity contribution in [1.82, 2.24) is 0 Å². The number of hydrogen-bond acceptors (Lipinski definition) is 8. The summed E-state index contributed by atoms with van der Waals surface area (Å²) in [5.41, 5.74) is 9.78. The van der Waals surface area contributed by atoms with Crippen LogP contribution in [0.15, 0.2) is 71.2 Å². The zero-order valence-electron chi connectivity index (χ0n) is 20.1. The molecule has 35 heavy (non-hydrogen) atoms. The van der Waals surface area contributed by atoms with Crippen LogP contribution in [-0.2, 0) is 19.1 Å². The smallest absolute Gasteiger partial charge is 0.355 e. The maximum absolute atomic E-state index is 13.2. The van der Waals surface area contributed by atoms with Gasteiger partial charge >= 0.3 is 11.9 Å². The highest BCUT2D eigenvalue weighted by atomic mass is 16.5. The Morgan fingerprint density at radius 1 is 1.03 bits per heavy atom. The molecule has 2 aliphatic rings. The quantitative estimate of drug-likeness (QED) is 0.659. The highest BCUT2D eigenvalue weighted by Gasteiger charge is 2.43. The number of nitrogens with two attached hydrogens (primary N) is 1. The van der Waals surface area contributed by atoms with E-state index >= 15 is 0 Å². The predicted molar refractivity (Wildman–Crippen MR) is 132 cm³/mol. The lowest BCUT2D eigenvalue weighted by atomic mass is 9.80. The van der Waals surface area contributed by atoms with E-state index in [9.17, 15) is 14.9 Å². The zero-order valence-corrected chi connectivity index (χ0v) is 20.1. The molecule has 1 fully saturated rings. The van der Waals surface area contributed by atoms with Gasteiger partial charge in [0.25, 0.3) is 0 Å². The first kappa shape index (κ1) is 23.9. The highest BCUT2D eigenvalue weighted by molar-refractivity contribution is 6.06. The lowest BCUT2D eigenvalue weighted by Gasteiger charge is -2.36. The van der Waals surface area contributed by atoms with Crippen LogP contribution >= 0.6 is 0 Å². The van der Waals surface area contributed by atoms with Crippen molar-refractivity contribution in [1.29, 1.82) is 5.26 Å². The lowest BCUT2D eigenvalue weighted by molar-refractivity contribution is -0.139. The molecule has 4 rings (SSSR count). The summed E-state index contributed by atoms with van der Waals surface area (Å²) in [4.78, 5) is 30.1. The summed E-state index contributed by atoms with van der Waals surface area (Å²) in [6.45, 7) is 3.88. The van der Waals surface area contributed by atoms with Crippen molar-refractivity contribution in [3.05, 3.63) is 82.3 Å². The Hall–Kier alpha value is -4.25. The summed E-state index contributed by atoms with van der Waals surface area (Å²) < 4.78 is 10.2. The molecule has 0 spiro atoms. The molecule has 0 aromatic heterocycles. The standard InChI is InChI=1S/C27H28N4O4/c1-17-15-19(30-13-7-8-14-30)11-12-21(17)31-24(27(33)35-3)23(26(32)34-2)22(20(16-28)25(31)29)18-9-5-4-6-10-18/h4-6,9-12,15,22H,7-8,13-14,29H2,1-3H3. The number of allylic oxidation sites excluding steroid dienone is 1. The van der Waals surface area contributed by atoms with E-state index in [0.29, 0.717) is 11.3 Å². The number of nitrogens with zero attached hydrogens (tertiary/aromatic N) is 3. The van der Waals surface area contributed by atoms with Gasteiger partial charge in [0.15, 0.2) is 0 Å². The van der Waals surface area contributed by atoms with Gasteiger partial charge in [-0.05, 0) is 49.1 Å². The first-order valence-corrected chi connectivity index (χ1v) is 11.4. The largest absolute Gasteiger partial charge is 0.466 e. The van der Waals surface area contributed by atoms with Crippen molar-refractivity contribution in [2.45, 2.75) is 25.7 Å². The summed E-state index contributed by atoms with van der Waals surface area (Å²) in [7, 11) is 2.48. The van der Waals surface area contributed by atoms with Gasteiger partial charge < -0.3 is 20.1 Å². The predicted octanol–water partition coefficient (Wildman–Crippen LogP) is 3.49. The van der Waals surface area contributed by atoms with E-state index in [1.807, 2.05) is 31.2 Å². The SMILES string of the molecule is COC(=O)C1=C(C(=O)OC)N(c2ccc(N3CCCC3)cc2C)C(N)=C(C#N)C1c1ccccc1. The Kier molecular flexibility index (Phi) is 6.78. The third kappa shape index (κ3) is 4.21. The molecule has 180 valence electrons. The average Bonchev–Trinajstić information content (AvgIpc) is 3.43. The van der Waals surface area contributed by atoms with Crippen LogP contribution in [0.1, 0.15) is 29.9 Å². The molecule has 1 saturated heterocycles.